The molecular formula is C14H18Br2N4. The largest absolute Gasteiger partial charge is 0.271 e. The number of hydrogen-bond acceptors (Lipinski definition) is 3. The third kappa shape index (κ3) is 2.98. The molecular weight excluding hydrogens is 384 g/mol. The van der Waals surface area contributed by atoms with E-state index in [1.54, 1.807) is 0 Å². The Hall–Kier alpha value is -0.690. The minimum Gasteiger partial charge on any atom is -0.271 e. The van der Waals surface area contributed by atoms with Crippen LogP contribution in [0.2, 0.25) is 0 Å². The lowest BCUT2D eigenvalue weighted by atomic mass is 9.99. The molecule has 1 unspecified atom stereocenters. The molecule has 0 saturated carbocycles. The van der Waals surface area contributed by atoms with Gasteiger partial charge in [0.25, 0.3) is 0 Å². The fraction of sp³-hybridized carbons (Fsp3) is 0.357. The molecule has 3 N–H and O–H groups in total. The molecule has 1 atom stereocenters. The van der Waals surface area contributed by atoms with Crippen molar-refractivity contribution in [1.82, 2.24) is 15.2 Å². The smallest absolute Gasteiger partial charge is 0.0892 e. The van der Waals surface area contributed by atoms with Crippen LogP contribution in [0.25, 0.3) is 0 Å². The Morgan fingerprint density at radius 3 is 2.55 bits per heavy atom. The normalized spacial score (nSPS) is 12.9. The topological polar surface area (TPSA) is 55.9 Å². The number of halogens is 2. The molecule has 2 aromatic rings. The first kappa shape index (κ1) is 15.7. The summed E-state index contributed by atoms with van der Waals surface area (Å²) < 4.78 is 4.00. The number of nitrogens with one attached hydrogen (secondary N) is 1. The van der Waals surface area contributed by atoms with E-state index in [9.17, 15) is 0 Å². The van der Waals surface area contributed by atoms with Crippen LogP contribution in [0.3, 0.4) is 0 Å². The molecule has 1 aromatic heterocycles. The Morgan fingerprint density at radius 2 is 2.00 bits per heavy atom. The van der Waals surface area contributed by atoms with E-state index in [2.05, 4.69) is 75.3 Å². The number of nitrogens with two attached hydrogens (primary N) is 1. The maximum atomic E-state index is 5.82. The monoisotopic (exact) mass is 400 g/mol. The first-order valence-corrected chi connectivity index (χ1v) is 7.99. The maximum absolute atomic E-state index is 5.82. The summed E-state index contributed by atoms with van der Waals surface area (Å²) >= 11 is 7.06. The van der Waals surface area contributed by atoms with Gasteiger partial charge in [-0.05, 0) is 60.0 Å². The number of aromatic nitrogens is 2. The highest BCUT2D eigenvalue weighted by molar-refractivity contribution is 9.10. The predicted octanol–water partition coefficient (Wildman–Crippen LogP) is 3.85. The third-order valence-electron chi connectivity index (χ3n) is 3.26. The van der Waals surface area contributed by atoms with E-state index in [1.165, 1.54) is 5.56 Å². The van der Waals surface area contributed by atoms with Crippen molar-refractivity contribution >= 4 is 31.9 Å². The van der Waals surface area contributed by atoms with E-state index in [0.717, 1.165) is 20.2 Å². The van der Waals surface area contributed by atoms with Crippen molar-refractivity contribution in [1.29, 1.82) is 0 Å². The summed E-state index contributed by atoms with van der Waals surface area (Å²) in [7, 11) is 0. The molecule has 6 heteroatoms. The van der Waals surface area contributed by atoms with Crippen LogP contribution in [0.15, 0.2) is 33.3 Å². The summed E-state index contributed by atoms with van der Waals surface area (Å²) in [6.45, 7) is 6.28. The molecule has 1 heterocycles. The second-order valence-corrected chi connectivity index (χ2v) is 6.79. The molecule has 0 bridgehead atoms. The summed E-state index contributed by atoms with van der Waals surface area (Å²) in [6, 6.07) is 6.35. The zero-order valence-electron chi connectivity index (χ0n) is 11.7. The Kier molecular flexibility index (Phi) is 5.01. The zero-order chi connectivity index (χ0) is 14.9. The highest BCUT2D eigenvalue weighted by atomic mass is 79.9. The molecule has 0 amide bonds. The van der Waals surface area contributed by atoms with Gasteiger partial charge in [-0.2, -0.15) is 5.10 Å². The van der Waals surface area contributed by atoms with Crippen molar-refractivity contribution < 1.29 is 0 Å². The summed E-state index contributed by atoms with van der Waals surface area (Å²) in [5, 5.41) is 4.42. The number of benzene rings is 1. The molecule has 2 rings (SSSR count). The van der Waals surface area contributed by atoms with E-state index in [-0.39, 0.29) is 12.1 Å². The molecule has 0 fully saturated rings. The van der Waals surface area contributed by atoms with Gasteiger partial charge in [0.1, 0.15) is 0 Å². The van der Waals surface area contributed by atoms with Crippen molar-refractivity contribution in [3.8, 4) is 0 Å². The molecule has 0 aliphatic heterocycles. The van der Waals surface area contributed by atoms with E-state index in [4.69, 9.17) is 5.84 Å². The average molecular weight is 402 g/mol. The lowest BCUT2D eigenvalue weighted by Gasteiger charge is -2.22. The second kappa shape index (κ2) is 6.39. The minimum absolute atomic E-state index is 0.109. The fourth-order valence-corrected chi connectivity index (χ4v) is 3.29. The summed E-state index contributed by atoms with van der Waals surface area (Å²) in [5.74, 6) is 5.82. The van der Waals surface area contributed by atoms with Crippen LogP contribution in [0.4, 0.5) is 0 Å². The Balaban J connectivity index is 2.55. The van der Waals surface area contributed by atoms with Gasteiger partial charge in [-0.25, -0.2) is 5.43 Å². The molecule has 108 valence electrons. The van der Waals surface area contributed by atoms with Crippen LogP contribution in [0.1, 0.15) is 42.8 Å². The van der Waals surface area contributed by atoms with Gasteiger partial charge in [0.15, 0.2) is 0 Å². The molecule has 0 aliphatic carbocycles. The standard InChI is InChI=1S/C14H18Br2N4/c1-8(2)20-14(12(16)7-18-20)13(19-17)11-5-4-10(15)6-9(11)3/h4-8,13,19H,17H2,1-3H3. The molecule has 0 saturated heterocycles. The highest BCUT2D eigenvalue weighted by Crippen LogP contribution is 2.32. The molecule has 4 nitrogen and oxygen atoms in total. The van der Waals surface area contributed by atoms with Crippen molar-refractivity contribution in [3.05, 3.63) is 50.2 Å². The van der Waals surface area contributed by atoms with Gasteiger partial charge in [-0.1, -0.05) is 22.0 Å². The first-order valence-electron chi connectivity index (χ1n) is 6.40. The van der Waals surface area contributed by atoms with Gasteiger partial charge >= 0.3 is 0 Å². The van der Waals surface area contributed by atoms with Gasteiger partial charge in [-0.3, -0.25) is 10.5 Å². The number of hydrazine groups is 1. The number of hydrogen-bond donors (Lipinski definition) is 2. The number of aryl methyl sites for hydroxylation is 1. The number of rotatable bonds is 4. The van der Waals surface area contributed by atoms with Gasteiger partial charge in [-0.15, -0.1) is 0 Å². The van der Waals surface area contributed by atoms with Gasteiger partial charge in [0.2, 0.25) is 0 Å². The van der Waals surface area contributed by atoms with Crippen LogP contribution in [-0.4, -0.2) is 9.78 Å². The van der Waals surface area contributed by atoms with Gasteiger partial charge in [0, 0.05) is 10.5 Å². The first-order chi connectivity index (χ1) is 9.45. The van der Waals surface area contributed by atoms with Crippen molar-refractivity contribution in [2.24, 2.45) is 5.84 Å². The molecule has 20 heavy (non-hydrogen) atoms. The lowest BCUT2D eigenvalue weighted by Crippen LogP contribution is -2.31. The molecule has 0 aliphatic rings. The Bertz CT molecular complexity index is 607. The molecule has 0 radical (unpaired) electrons. The number of nitrogens with zero attached hydrogens (tertiary/aromatic N) is 2. The summed E-state index contributed by atoms with van der Waals surface area (Å²) in [5.41, 5.74) is 6.26. The molecule has 0 spiro atoms. The van der Waals surface area contributed by atoms with E-state index in [1.807, 2.05) is 16.9 Å². The summed E-state index contributed by atoms with van der Waals surface area (Å²) in [4.78, 5) is 0. The maximum Gasteiger partial charge on any atom is 0.0892 e. The van der Waals surface area contributed by atoms with Gasteiger partial charge < -0.3 is 0 Å². The van der Waals surface area contributed by atoms with Crippen LogP contribution in [0, 0.1) is 6.92 Å². The SMILES string of the molecule is Cc1cc(Br)ccc1C(NN)c1c(Br)cnn1C(C)C. The van der Waals surface area contributed by atoms with Gasteiger partial charge in [0.05, 0.1) is 22.4 Å². The van der Waals surface area contributed by atoms with Crippen molar-refractivity contribution in [2.45, 2.75) is 32.9 Å². The van der Waals surface area contributed by atoms with Crippen LogP contribution >= 0.6 is 31.9 Å². The Morgan fingerprint density at radius 1 is 1.30 bits per heavy atom. The second-order valence-electron chi connectivity index (χ2n) is 5.02. The summed E-state index contributed by atoms with van der Waals surface area (Å²) in [6.07, 6.45) is 1.81. The van der Waals surface area contributed by atoms with Crippen LogP contribution in [0.5, 0.6) is 0 Å². The van der Waals surface area contributed by atoms with E-state index >= 15 is 0 Å². The fourth-order valence-electron chi connectivity index (χ4n) is 2.31. The Labute approximate surface area is 136 Å². The lowest BCUT2D eigenvalue weighted by molar-refractivity contribution is 0.474. The minimum atomic E-state index is -0.109. The zero-order valence-corrected chi connectivity index (χ0v) is 14.9. The van der Waals surface area contributed by atoms with E-state index < -0.39 is 0 Å². The molecule has 1 aromatic carbocycles. The van der Waals surface area contributed by atoms with Crippen LogP contribution < -0.4 is 11.3 Å². The third-order valence-corrected chi connectivity index (χ3v) is 4.36. The van der Waals surface area contributed by atoms with Crippen LogP contribution in [-0.2, 0) is 0 Å². The average Bonchev–Trinajstić information content (AvgIpc) is 2.75. The van der Waals surface area contributed by atoms with Crippen molar-refractivity contribution in [3.63, 3.8) is 0 Å². The van der Waals surface area contributed by atoms with Crippen molar-refractivity contribution in [2.75, 3.05) is 0 Å². The quantitative estimate of drug-likeness (QED) is 0.604. The van der Waals surface area contributed by atoms with E-state index in [0.29, 0.717) is 0 Å². The predicted molar refractivity (Wildman–Crippen MR) is 88.4 cm³/mol. The highest BCUT2D eigenvalue weighted by Gasteiger charge is 2.23.